The summed E-state index contributed by atoms with van der Waals surface area (Å²) in [7, 11) is 0. The third-order valence-electron chi connectivity index (χ3n) is 3.20. The molecule has 2 heterocycles. The lowest BCUT2D eigenvalue weighted by Crippen LogP contribution is -2.07. The predicted octanol–water partition coefficient (Wildman–Crippen LogP) is 2.45. The van der Waals surface area contributed by atoms with Gasteiger partial charge in [-0.25, -0.2) is 4.68 Å². The van der Waals surface area contributed by atoms with Gasteiger partial charge in [0.15, 0.2) is 5.69 Å². The fourth-order valence-electron chi connectivity index (χ4n) is 2.11. The summed E-state index contributed by atoms with van der Waals surface area (Å²) in [5.41, 5.74) is 3.39. The molecule has 0 aliphatic carbocycles. The van der Waals surface area contributed by atoms with Crippen LogP contribution in [0.2, 0.25) is 0 Å². The molecular formula is C16H14N6. The molecule has 0 aliphatic heterocycles. The number of anilines is 1. The zero-order valence-electron chi connectivity index (χ0n) is 12.1. The fourth-order valence-corrected chi connectivity index (χ4v) is 2.11. The van der Waals surface area contributed by atoms with Gasteiger partial charge in [-0.15, -0.1) is 10.2 Å². The van der Waals surface area contributed by atoms with Crippen LogP contribution in [0.4, 0.5) is 5.82 Å². The molecule has 6 nitrogen and oxygen atoms in total. The Bertz CT molecular complexity index is 813. The highest BCUT2D eigenvalue weighted by molar-refractivity contribution is 5.44. The molecule has 0 bridgehead atoms. The molecule has 3 rings (SSSR count). The predicted molar refractivity (Wildman–Crippen MR) is 82.4 cm³/mol. The van der Waals surface area contributed by atoms with Crippen LogP contribution in [0.15, 0.2) is 48.7 Å². The Morgan fingerprint density at radius 1 is 1.14 bits per heavy atom. The molecule has 0 unspecified atom stereocenters. The van der Waals surface area contributed by atoms with Crippen LogP contribution in [0.5, 0.6) is 0 Å². The van der Waals surface area contributed by atoms with E-state index in [0.717, 1.165) is 16.9 Å². The molecule has 1 aromatic carbocycles. The van der Waals surface area contributed by atoms with E-state index in [1.807, 2.05) is 54.2 Å². The first kappa shape index (κ1) is 13.8. The van der Waals surface area contributed by atoms with Crippen LogP contribution in [0.1, 0.15) is 17.0 Å². The number of aryl methyl sites for hydroxylation is 1. The van der Waals surface area contributed by atoms with Crippen molar-refractivity contribution in [2.75, 3.05) is 5.32 Å². The van der Waals surface area contributed by atoms with Gasteiger partial charge in [-0.3, -0.25) is 0 Å². The van der Waals surface area contributed by atoms with E-state index in [4.69, 9.17) is 5.26 Å². The van der Waals surface area contributed by atoms with Crippen LogP contribution < -0.4 is 5.32 Å². The molecule has 0 spiro atoms. The molecule has 0 saturated carbocycles. The van der Waals surface area contributed by atoms with Crippen molar-refractivity contribution in [2.45, 2.75) is 13.5 Å². The van der Waals surface area contributed by atoms with Gasteiger partial charge < -0.3 is 5.32 Å². The number of nitrogens with one attached hydrogen (secondary N) is 1. The second kappa shape index (κ2) is 6.06. The van der Waals surface area contributed by atoms with E-state index in [9.17, 15) is 0 Å². The summed E-state index contributed by atoms with van der Waals surface area (Å²) in [6.45, 7) is 2.55. The molecule has 22 heavy (non-hydrogen) atoms. The molecule has 6 heteroatoms. The van der Waals surface area contributed by atoms with Gasteiger partial charge in [-0.05, 0) is 36.8 Å². The van der Waals surface area contributed by atoms with Crippen molar-refractivity contribution in [1.82, 2.24) is 20.0 Å². The van der Waals surface area contributed by atoms with Crippen LogP contribution in [-0.4, -0.2) is 20.0 Å². The summed E-state index contributed by atoms with van der Waals surface area (Å²) in [6, 6.07) is 15.3. The van der Waals surface area contributed by atoms with Gasteiger partial charge in [0.1, 0.15) is 11.9 Å². The van der Waals surface area contributed by atoms with Gasteiger partial charge >= 0.3 is 0 Å². The maximum Gasteiger partial charge on any atom is 0.163 e. The Morgan fingerprint density at radius 2 is 2.00 bits per heavy atom. The van der Waals surface area contributed by atoms with Gasteiger partial charge in [0.2, 0.25) is 0 Å². The highest BCUT2D eigenvalue weighted by atomic mass is 15.3. The van der Waals surface area contributed by atoms with Gasteiger partial charge in [-0.1, -0.05) is 18.2 Å². The topological polar surface area (TPSA) is 79.4 Å². The van der Waals surface area contributed by atoms with Crippen LogP contribution in [0.25, 0.3) is 5.69 Å². The number of hydrogen-bond donors (Lipinski definition) is 1. The molecule has 0 saturated heterocycles. The lowest BCUT2D eigenvalue weighted by molar-refractivity contribution is 0.847. The summed E-state index contributed by atoms with van der Waals surface area (Å²) in [5.74, 6) is 0.630. The molecule has 0 aliphatic rings. The van der Waals surface area contributed by atoms with Crippen LogP contribution in [-0.2, 0) is 6.54 Å². The van der Waals surface area contributed by atoms with Gasteiger partial charge in [-0.2, -0.15) is 10.4 Å². The molecule has 0 radical (unpaired) electrons. The highest BCUT2D eigenvalue weighted by Gasteiger charge is 2.05. The minimum absolute atomic E-state index is 0.304. The Hall–Kier alpha value is -3.20. The monoisotopic (exact) mass is 290 g/mol. The second-order valence-corrected chi connectivity index (χ2v) is 4.80. The minimum atomic E-state index is 0.304. The Kier molecular flexibility index (Phi) is 3.79. The molecule has 2 aromatic heterocycles. The summed E-state index contributed by atoms with van der Waals surface area (Å²) >= 11 is 0. The lowest BCUT2D eigenvalue weighted by Gasteiger charge is -2.10. The largest absolute Gasteiger partial charge is 0.364 e. The van der Waals surface area contributed by atoms with E-state index in [-0.39, 0.29) is 0 Å². The molecule has 1 N–H and O–H groups in total. The van der Waals surface area contributed by atoms with E-state index >= 15 is 0 Å². The molecule has 0 atom stereocenters. The van der Waals surface area contributed by atoms with Crippen LogP contribution in [0.3, 0.4) is 0 Å². The lowest BCUT2D eigenvalue weighted by atomic mass is 10.2. The van der Waals surface area contributed by atoms with Crippen molar-refractivity contribution in [3.05, 3.63) is 65.6 Å². The zero-order chi connectivity index (χ0) is 15.4. The number of nitrogens with zero attached hydrogens (tertiary/aromatic N) is 5. The quantitative estimate of drug-likeness (QED) is 0.798. The van der Waals surface area contributed by atoms with Crippen molar-refractivity contribution in [1.29, 1.82) is 5.26 Å². The van der Waals surface area contributed by atoms with Crippen molar-refractivity contribution in [2.24, 2.45) is 0 Å². The first-order valence-electron chi connectivity index (χ1n) is 6.84. The molecule has 0 fully saturated rings. The Labute approximate surface area is 128 Å². The number of para-hydroxylation sites is 1. The summed E-state index contributed by atoms with van der Waals surface area (Å²) in [6.07, 6.45) is 1.94. The molecule has 108 valence electrons. The van der Waals surface area contributed by atoms with E-state index in [2.05, 4.69) is 20.6 Å². The number of benzene rings is 1. The van der Waals surface area contributed by atoms with Crippen molar-refractivity contribution in [3.8, 4) is 11.8 Å². The maximum absolute atomic E-state index is 8.72. The number of rotatable bonds is 4. The fraction of sp³-hybridized carbons (Fsp3) is 0.125. The van der Waals surface area contributed by atoms with Crippen molar-refractivity contribution >= 4 is 5.82 Å². The summed E-state index contributed by atoms with van der Waals surface area (Å²) in [5, 5.41) is 24.1. The van der Waals surface area contributed by atoms with Gasteiger partial charge in [0, 0.05) is 12.7 Å². The Morgan fingerprint density at radius 3 is 2.68 bits per heavy atom. The van der Waals surface area contributed by atoms with E-state index < -0.39 is 0 Å². The van der Waals surface area contributed by atoms with Gasteiger partial charge in [0.05, 0.1) is 11.4 Å². The average molecular weight is 290 g/mol. The first-order valence-corrected chi connectivity index (χ1v) is 6.84. The number of nitriles is 1. The van der Waals surface area contributed by atoms with E-state index in [1.54, 1.807) is 12.1 Å². The second-order valence-electron chi connectivity index (χ2n) is 4.80. The average Bonchev–Trinajstić information content (AvgIpc) is 3.00. The standard InChI is InChI=1S/C16H14N6/c1-12-8-9-22(21-12)15-5-3-2-4-13(15)11-18-16-7-6-14(10-17)19-20-16/h2-9H,11H2,1H3,(H,18,20). The van der Waals surface area contributed by atoms with E-state index in [1.165, 1.54) is 0 Å². The SMILES string of the molecule is Cc1ccn(-c2ccccc2CNc2ccc(C#N)nn2)n1. The minimum Gasteiger partial charge on any atom is -0.364 e. The smallest absolute Gasteiger partial charge is 0.163 e. The zero-order valence-corrected chi connectivity index (χ0v) is 12.1. The highest BCUT2D eigenvalue weighted by Crippen LogP contribution is 2.15. The third kappa shape index (κ3) is 2.94. The third-order valence-corrected chi connectivity index (χ3v) is 3.20. The van der Waals surface area contributed by atoms with E-state index in [0.29, 0.717) is 18.1 Å². The maximum atomic E-state index is 8.72. The van der Waals surface area contributed by atoms with Crippen molar-refractivity contribution < 1.29 is 0 Å². The number of aromatic nitrogens is 4. The summed E-state index contributed by atoms with van der Waals surface area (Å²) in [4.78, 5) is 0. The van der Waals surface area contributed by atoms with Gasteiger partial charge in [0.25, 0.3) is 0 Å². The normalized spacial score (nSPS) is 10.2. The number of hydrogen-bond acceptors (Lipinski definition) is 5. The van der Waals surface area contributed by atoms with Crippen LogP contribution >= 0.6 is 0 Å². The molecule has 3 aromatic rings. The first-order chi connectivity index (χ1) is 10.8. The Balaban J connectivity index is 1.79. The van der Waals surface area contributed by atoms with Crippen molar-refractivity contribution in [3.63, 3.8) is 0 Å². The van der Waals surface area contributed by atoms with Crippen LogP contribution in [0, 0.1) is 18.3 Å². The molecular weight excluding hydrogens is 276 g/mol. The molecule has 0 amide bonds. The summed E-state index contributed by atoms with van der Waals surface area (Å²) < 4.78 is 1.86.